The summed E-state index contributed by atoms with van der Waals surface area (Å²) in [5.74, 6) is 1.14. The summed E-state index contributed by atoms with van der Waals surface area (Å²) in [6.07, 6.45) is 1.43. The smallest absolute Gasteiger partial charge is 0.277 e. The minimum absolute atomic E-state index is 0.00317. The summed E-state index contributed by atoms with van der Waals surface area (Å²) >= 11 is 3.21. The van der Waals surface area contributed by atoms with E-state index in [2.05, 4.69) is 26.5 Å². The summed E-state index contributed by atoms with van der Waals surface area (Å²) in [5.41, 5.74) is 2.99. The summed E-state index contributed by atoms with van der Waals surface area (Å²) < 4.78 is 15.9. The van der Waals surface area contributed by atoms with Crippen LogP contribution in [0.3, 0.4) is 0 Å². The lowest BCUT2D eigenvalue weighted by Gasteiger charge is -2.07. The van der Waals surface area contributed by atoms with Gasteiger partial charge in [-0.3, -0.25) is 4.79 Å². The molecule has 0 saturated carbocycles. The number of nitrogens with zero attached hydrogens (tertiary/aromatic N) is 1. The molecule has 0 aromatic heterocycles. The Kier molecular flexibility index (Phi) is 6.64. The maximum atomic E-state index is 11.7. The normalized spacial score (nSPS) is 10.5. The average molecular weight is 409 g/mol. The molecule has 0 aliphatic rings. The monoisotopic (exact) mass is 408 g/mol. The molecule has 0 aliphatic heterocycles. The minimum atomic E-state index is -0.406. The standard InChI is InChI=1S/C17H17BrN2O5/c1-23-12-3-5-13(6-4-12)25-10-16(21)20-19-9-11-7-14(18)17(22)15(8-11)24-2/h3-9,22H,10H2,1-2H3,(H,20,21)/b19-9-. The molecule has 2 aromatic rings. The third-order valence-electron chi connectivity index (χ3n) is 3.10. The minimum Gasteiger partial charge on any atom is -0.503 e. The van der Waals surface area contributed by atoms with Gasteiger partial charge in [-0.1, -0.05) is 0 Å². The Labute approximate surface area is 153 Å². The number of methoxy groups -OCH3 is 2. The Balaban J connectivity index is 1.86. The van der Waals surface area contributed by atoms with E-state index in [-0.39, 0.29) is 12.4 Å². The molecule has 0 atom stereocenters. The van der Waals surface area contributed by atoms with Crippen molar-refractivity contribution in [3.05, 3.63) is 46.4 Å². The lowest BCUT2D eigenvalue weighted by atomic mass is 10.2. The van der Waals surface area contributed by atoms with E-state index in [4.69, 9.17) is 14.2 Å². The maximum absolute atomic E-state index is 11.7. The van der Waals surface area contributed by atoms with E-state index < -0.39 is 5.91 Å². The van der Waals surface area contributed by atoms with E-state index in [1.807, 2.05) is 0 Å². The number of carbonyl (C=O) groups is 1. The van der Waals surface area contributed by atoms with Crippen LogP contribution in [0.5, 0.6) is 23.0 Å². The lowest BCUT2D eigenvalue weighted by Crippen LogP contribution is -2.24. The molecular formula is C17H17BrN2O5. The number of hydrogen-bond donors (Lipinski definition) is 2. The van der Waals surface area contributed by atoms with Crippen molar-refractivity contribution >= 4 is 28.1 Å². The van der Waals surface area contributed by atoms with Gasteiger partial charge in [0.1, 0.15) is 11.5 Å². The van der Waals surface area contributed by atoms with Crippen LogP contribution < -0.4 is 19.6 Å². The van der Waals surface area contributed by atoms with Gasteiger partial charge in [0.2, 0.25) is 0 Å². The fourth-order valence-corrected chi connectivity index (χ4v) is 2.32. The van der Waals surface area contributed by atoms with Crippen LogP contribution in [0.2, 0.25) is 0 Å². The number of phenols is 1. The highest BCUT2D eigenvalue weighted by molar-refractivity contribution is 9.10. The van der Waals surface area contributed by atoms with Crippen molar-refractivity contribution in [1.29, 1.82) is 0 Å². The molecule has 25 heavy (non-hydrogen) atoms. The van der Waals surface area contributed by atoms with E-state index in [1.165, 1.54) is 13.3 Å². The number of carbonyl (C=O) groups excluding carboxylic acids is 1. The van der Waals surface area contributed by atoms with Crippen LogP contribution in [0, 0.1) is 0 Å². The molecule has 2 aromatic carbocycles. The molecule has 132 valence electrons. The topological polar surface area (TPSA) is 89.4 Å². The van der Waals surface area contributed by atoms with Gasteiger partial charge in [0.15, 0.2) is 18.1 Å². The number of nitrogens with one attached hydrogen (secondary N) is 1. The highest BCUT2D eigenvalue weighted by Crippen LogP contribution is 2.34. The zero-order valence-corrected chi connectivity index (χ0v) is 15.2. The van der Waals surface area contributed by atoms with Crippen molar-refractivity contribution in [1.82, 2.24) is 5.43 Å². The lowest BCUT2D eigenvalue weighted by molar-refractivity contribution is -0.123. The molecule has 2 rings (SSSR count). The Hall–Kier alpha value is -2.74. The molecule has 0 heterocycles. The quantitative estimate of drug-likeness (QED) is 0.542. The Bertz CT molecular complexity index is 762. The van der Waals surface area contributed by atoms with Gasteiger partial charge in [0.05, 0.1) is 24.9 Å². The Morgan fingerprint density at radius 3 is 2.52 bits per heavy atom. The van der Waals surface area contributed by atoms with Gasteiger partial charge in [-0.15, -0.1) is 0 Å². The highest BCUT2D eigenvalue weighted by Gasteiger charge is 2.07. The number of aromatic hydroxyl groups is 1. The zero-order valence-electron chi connectivity index (χ0n) is 13.7. The van der Waals surface area contributed by atoms with Gasteiger partial charge in [0, 0.05) is 0 Å². The second-order valence-corrected chi connectivity index (χ2v) is 5.67. The van der Waals surface area contributed by atoms with E-state index in [1.54, 1.807) is 43.5 Å². The third-order valence-corrected chi connectivity index (χ3v) is 3.71. The van der Waals surface area contributed by atoms with Gasteiger partial charge in [-0.05, 0) is 57.9 Å². The largest absolute Gasteiger partial charge is 0.503 e. The molecule has 0 fully saturated rings. The first-order valence-corrected chi connectivity index (χ1v) is 7.98. The Morgan fingerprint density at radius 2 is 1.88 bits per heavy atom. The predicted octanol–water partition coefficient (Wildman–Crippen LogP) is 2.70. The first-order valence-electron chi connectivity index (χ1n) is 7.18. The van der Waals surface area contributed by atoms with E-state index in [9.17, 15) is 9.90 Å². The second-order valence-electron chi connectivity index (χ2n) is 4.81. The predicted molar refractivity (Wildman–Crippen MR) is 96.6 cm³/mol. The van der Waals surface area contributed by atoms with Crippen molar-refractivity contribution < 1.29 is 24.1 Å². The van der Waals surface area contributed by atoms with Gasteiger partial charge in [-0.2, -0.15) is 5.10 Å². The second kappa shape index (κ2) is 8.93. The number of halogens is 1. The molecule has 0 spiro atoms. The molecule has 0 saturated heterocycles. The summed E-state index contributed by atoms with van der Waals surface area (Å²) in [6.45, 7) is -0.174. The van der Waals surface area contributed by atoms with Crippen LogP contribution in [0.4, 0.5) is 0 Å². The summed E-state index contributed by atoms with van der Waals surface area (Å²) in [5, 5.41) is 13.6. The van der Waals surface area contributed by atoms with Crippen molar-refractivity contribution in [2.24, 2.45) is 5.10 Å². The van der Waals surface area contributed by atoms with E-state index >= 15 is 0 Å². The number of ether oxygens (including phenoxy) is 3. The number of benzene rings is 2. The van der Waals surface area contributed by atoms with Crippen LogP contribution in [0.15, 0.2) is 46.0 Å². The van der Waals surface area contributed by atoms with Crippen LogP contribution in [0.1, 0.15) is 5.56 Å². The van der Waals surface area contributed by atoms with Crippen molar-refractivity contribution in [3.63, 3.8) is 0 Å². The van der Waals surface area contributed by atoms with Gasteiger partial charge >= 0.3 is 0 Å². The van der Waals surface area contributed by atoms with Crippen LogP contribution in [0.25, 0.3) is 0 Å². The van der Waals surface area contributed by atoms with Gasteiger partial charge in [0.25, 0.3) is 5.91 Å². The van der Waals surface area contributed by atoms with Gasteiger partial charge in [-0.25, -0.2) is 5.43 Å². The fraction of sp³-hybridized carbons (Fsp3) is 0.176. The summed E-state index contributed by atoms with van der Waals surface area (Å²) in [6, 6.07) is 10.1. The molecule has 0 bridgehead atoms. The highest BCUT2D eigenvalue weighted by atomic mass is 79.9. The maximum Gasteiger partial charge on any atom is 0.277 e. The Morgan fingerprint density at radius 1 is 1.20 bits per heavy atom. The van der Waals surface area contributed by atoms with Gasteiger partial charge < -0.3 is 19.3 Å². The van der Waals surface area contributed by atoms with Crippen LogP contribution in [-0.4, -0.2) is 38.1 Å². The zero-order chi connectivity index (χ0) is 18.2. The van der Waals surface area contributed by atoms with Crippen molar-refractivity contribution in [2.45, 2.75) is 0 Å². The molecule has 2 N–H and O–H groups in total. The number of amides is 1. The fourth-order valence-electron chi connectivity index (χ4n) is 1.86. The van der Waals surface area contributed by atoms with Crippen molar-refractivity contribution in [3.8, 4) is 23.0 Å². The summed E-state index contributed by atoms with van der Waals surface area (Å²) in [7, 11) is 3.02. The molecule has 0 aliphatic carbocycles. The molecular weight excluding hydrogens is 392 g/mol. The van der Waals surface area contributed by atoms with Crippen molar-refractivity contribution in [2.75, 3.05) is 20.8 Å². The molecule has 7 nitrogen and oxygen atoms in total. The number of hydrazone groups is 1. The number of rotatable bonds is 7. The number of phenolic OH excluding ortho intramolecular Hbond substituents is 1. The molecule has 8 heteroatoms. The summed E-state index contributed by atoms with van der Waals surface area (Å²) in [4.78, 5) is 11.7. The third kappa shape index (κ3) is 5.39. The number of hydrogen-bond acceptors (Lipinski definition) is 6. The van der Waals surface area contributed by atoms with E-state index in [0.717, 1.165) is 0 Å². The molecule has 1 amide bonds. The van der Waals surface area contributed by atoms with Crippen LogP contribution >= 0.6 is 15.9 Å². The average Bonchev–Trinajstić information content (AvgIpc) is 2.63. The van der Waals surface area contributed by atoms with Crippen LogP contribution in [-0.2, 0) is 4.79 Å². The molecule has 0 radical (unpaired) electrons. The first kappa shape index (κ1) is 18.6. The first-order chi connectivity index (χ1) is 12.0. The molecule has 0 unspecified atom stereocenters. The van der Waals surface area contributed by atoms with E-state index in [0.29, 0.717) is 27.3 Å². The SMILES string of the molecule is COc1ccc(OCC(=O)N/N=C\c2cc(Br)c(O)c(OC)c2)cc1.